The molecule has 19 heavy (non-hydrogen) atoms. The number of hydrogen-bond donors (Lipinski definition) is 0. The lowest BCUT2D eigenvalue weighted by Crippen LogP contribution is -1.99. The summed E-state index contributed by atoms with van der Waals surface area (Å²) in [6.07, 6.45) is 3.12. The topological polar surface area (TPSA) is 12.4 Å². The maximum Gasteiger partial charge on any atom is 0.0775 e. The Morgan fingerprint density at radius 3 is 2.58 bits per heavy atom. The van der Waals surface area contributed by atoms with E-state index in [0.29, 0.717) is 5.25 Å². The van der Waals surface area contributed by atoms with E-state index in [0.717, 1.165) is 12.1 Å². The van der Waals surface area contributed by atoms with E-state index < -0.39 is 0 Å². The van der Waals surface area contributed by atoms with Gasteiger partial charge in [-0.05, 0) is 24.0 Å². The molecule has 1 unspecified atom stereocenters. The van der Waals surface area contributed by atoms with Crippen LogP contribution in [0.5, 0.6) is 0 Å². The molecule has 0 fully saturated rings. The van der Waals surface area contributed by atoms with Crippen LogP contribution in [-0.2, 0) is 0 Å². The molecule has 0 N–H and O–H groups in total. The minimum Gasteiger partial charge on any atom is -0.245 e. The van der Waals surface area contributed by atoms with Gasteiger partial charge in [-0.3, -0.25) is 0 Å². The number of nitrogens with zero attached hydrogens (tertiary/aromatic N) is 1. The first-order valence-corrected chi connectivity index (χ1v) is 8.39. The maximum absolute atomic E-state index is 4.79. The van der Waals surface area contributed by atoms with Gasteiger partial charge in [0.1, 0.15) is 0 Å². The Kier molecular flexibility index (Phi) is 3.95. The van der Waals surface area contributed by atoms with Crippen LogP contribution in [0.3, 0.4) is 0 Å². The van der Waals surface area contributed by atoms with Crippen LogP contribution in [0.15, 0.2) is 64.5 Å². The summed E-state index contributed by atoms with van der Waals surface area (Å²) < 4.78 is 0. The molecule has 1 atom stereocenters. The smallest absolute Gasteiger partial charge is 0.0775 e. The molecule has 0 aliphatic carbocycles. The number of rotatable bonds is 1. The van der Waals surface area contributed by atoms with Crippen molar-refractivity contribution < 1.29 is 0 Å². The highest BCUT2D eigenvalue weighted by Gasteiger charge is 2.20. The van der Waals surface area contributed by atoms with Gasteiger partial charge in [-0.15, -0.1) is 23.5 Å². The van der Waals surface area contributed by atoms with E-state index in [2.05, 4.69) is 60.9 Å². The van der Waals surface area contributed by atoms with Crippen molar-refractivity contribution in [3.05, 3.63) is 60.2 Å². The van der Waals surface area contributed by atoms with E-state index in [1.807, 2.05) is 11.8 Å². The average Bonchev–Trinajstić information content (AvgIpc) is 2.67. The molecular formula is C16H15NS2. The van der Waals surface area contributed by atoms with E-state index in [-0.39, 0.29) is 0 Å². The summed E-state index contributed by atoms with van der Waals surface area (Å²) in [5.41, 5.74) is 2.49. The first-order valence-electron chi connectivity index (χ1n) is 6.29. The van der Waals surface area contributed by atoms with Gasteiger partial charge in [-0.1, -0.05) is 42.5 Å². The Hall–Kier alpha value is -1.19. The number of fused-ring (bicyclic) bond motifs is 1. The lowest BCUT2D eigenvalue weighted by Gasteiger charge is -2.15. The van der Waals surface area contributed by atoms with Gasteiger partial charge < -0.3 is 0 Å². The highest BCUT2D eigenvalue weighted by atomic mass is 32.2. The molecule has 0 spiro atoms. The van der Waals surface area contributed by atoms with Crippen molar-refractivity contribution in [2.24, 2.45) is 4.99 Å². The lowest BCUT2D eigenvalue weighted by molar-refractivity contribution is 1.02. The summed E-state index contributed by atoms with van der Waals surface area (Å²) in [6, 6.07) is 19.1. The molecular weight excluding hydrogens is 270 g/mol. The fourth-order valence-electron chi connectivity index (χ4n) is 2.17. The number of benzene rings is 2. The van der Waals surface area contributed by atoms with E-state index >= 15 is 0 Å². The van der Waals surface area contributed by atoms with Crippen LogP contribution in [-0.4, -0.2) is 11.3 Å². The Balaban J connectivity index is 2.00. The Morgan fingerprint density at radius 1 is 1.05 bits per heavy atom. The molecule has 0 saturated heterocycles. The SMILES string of the molecule is CSC1=Nc2ccccc2SC(c2ccccc2)C1. The minimum atomic E-state index is 0.455. The number of hydrogen-bond acceptors (Lipinski definition) is 3. The average molecular weight is 285 g/mol. The van der Waals surface area contributed by atoms with Crippen molar-refractivity contribution in [2.45, 2.75) is 16.6 Å². The molecule has 96 valence electrons. The Bertz CT molecular complexity index is 593. The summed E-state index contributed by atoms with van der Waals surface area (Å²) in [4.78, 5) is 6.07. The quantitative estimate of drug-likeness (QED) is 0.703. The van der Waals surface area contributed by atoms with Crippen molar-refractivity contribution in [3.8, 4) is 0 Å². The molecule has 0 amide bonds. The van der Waals surface area contributed by atoms with Crippen LogP contribution in [0.2, 0.25) is 0 Å². The van der Waals surface area contributed by atoms with Gasteiger partial charge >= 0.3 is 0 Å². The van der Waals surface area contributed by atoms with Crippen LogP contribution in [0.4, 0.5) is 5.69 Å². The van der Waals surface area contributed by atoms with Crippen molar-refractivity contribution in [3.63, 3.8) is 0 Å². The van der Waals surface area contributed by atoms with E-state index in [4.69, 9.17) is 4.99 Å². The third-order valence-corrected chi connectivity index (χ3v) is 5.20. The fourth-order valence-corrected chi connectivity index (χ4v) is 4.03. The van der Waals surface area contributed by atoms with Crippen molar-refractivity contribution in [1.82, 2.24) is 0 Å². The second kappa shape index (κ2) is 5.85. The summed E-state index contributed by atoms with van der Waals surface area (Å²) in [7, 11) is 0. The van der Waals surface area contributed by atoms with E-state index in [9.17, 15) is 0 Å². The summed E-state index contributed by atoms with van der Waals surface area (Å²) in [5.74, 6) is 0. The fraction of sp³-hybridized carbons (Fsp3) is 0.188. The van der Waals surface area contributed by atoms with Crippen LogP contribution in [0.1, 0.15) is 17.2 Å². The second-order valence-corrected chi connectivity index (χ2v) is 6.52. The number of para-hydroxylation sites is 1. The largest absolute Gasteiger partial charge is 0.245 e. The molecule has 2 aromatic carbocycles. The summed E-state index contributed by atoms with van der Waals surface area (Å²) in [6.45, 7) is 0. The minimum absolute atomic E-state index is 0.455. The highest BCUT2D eigenvalue weighted by Crippen LogP contribution is 2.45. The van der Waals surface area contributed by atoms with Gasteiger partial charge in [-0.25, -0.2) is 4.99 Å². The molecule has 2 aromatic rings. The predicted octanol–water partition coefficient (Wildman–Crippen LogP) is 5.32. The van der Waals surface area contributed by atoms with Crippen molar-refractivity contribution in [1.29, 1.82) is 0 Å². The molecule has 3 rings (SSSR count). The first-order chi connectivity index (χ1) is 9.36. The van der Waals surface area contributed by atoms with Gasteiger partial charge in [0.2, 0.25) is 0 Å². The van der Waals surface area contributed by atoms with Crippen LogP contribution in [0, 0.1) is 0 Å². The van der Waals surface area contributed by atoms with Crippen LogP contribution in [0.25, 0.3) is 0 Å². The van der Waals surface area contributed by atoms with E-state index in [1.165, 1.54) is 15.5 Å². The van der Waals surface area contributed by atoms with Gasteiger partial charge in [-0.2, -0.15) is 0 Å². The Labute approximate surface area is 122 Å². The summed E-state index contributed by atoms with van der Waals surface area (Å²) in [5, 5.41) is 1.67. The lowest BCUT2D eigenvalue weighted by atomic mass is 10.1. The normalized spacial score (nSPS) is 18.4. The molecule has 1 nitrogen and oxygen atoms in total. The molecule has 0 radical (unpaired) electrons. The summed E-state index contributed by atoms with van der Waals surface area (Å²) >= 11 is 3.68. The number of thioether (sulfide) groups is 2. The highest BCUT2D eigenvalue weighted by molar-refractivity contribution is 8.13. The number of aliphatic imine (C=N–C) groups is 1. The van der Waals surface area contributed by atoms with Crippen LogP contribution < -0.4 is 0 Å². The van der Waals surface area contributed by atoms with E-state index in [1.54, 1.807) is 11.8 Å². The first kappa shape index (κ1) is 12.8. The molecule has 0 bridgehead atoms. The standard InChI is InChI=1S/C16H15NS2/c1-18-16-11-15(12-7-3-2-4-8-12)19-14-10-6-5-9-13(14)17-16/h2-10,15H,11H2,1H3. The third kappa shape index (κ3) is 2.88. The van der Waals surface area contributed by atoms with Crippen molar-refractivity contribution >= 4 is 34.3 Å². The zero-order valence-electron chi connectivity index (χ0n) is 10.7. The molecule has 0 saturated carbocycles. The zero-order chi connectivity index (χ0) is 13.1. The second-order valence-electron chi connectivity index (χ2n) is 4.40. The van der Waals surface area contributed by atoms with Gasteiger partial charge in [0, 0.05) is 16.6 Å². The predicted molar refractivity (Wildman–Crippen MR) is 86.7 cm³/mol. The van der Waals surface area contributed by atoms with Crippen LogP contribution >= 0.6 is 23.5 Å². The van der Waals surface area contributed by atoms with Gasteiger partial charge in [0.05, 0.1) is 10.7 Å². The van der Waals surface area contributed by atoms with Gasteiger partial charge in [0.15, 0.2) is 0 Å². The monoisotopic (exact) mass is 285 g/mol. The van der Waals surface area contributed by atoms with Crippen molar-refractivity contribution in [2.75, 3.05) is 6.26 Å². The molecule has 1 heterocycles. The Morgan fingerprint density at radius 2 is 1.79 bits per heavy atom. The third-order valence-electron chi connectivity index (χ3n) is 3.15. The molecule has 0 aromatic heterocycles. The van der Waals surface area contributed by atoms with Gasteiger partial charge in [0.25, 0.3) is 0 Å². The molecule has 1 aliphatic rings. The molecule has 1 aliphatic heterocycles. The zero-order valence-corrected chi connectivity index (χ0v) is 12.4. The maximum atomic E-state index is 4.79. The molecule has 3 heteroatoms.